The van der Waals surface area contributed by atoms with E-state index in [0.717, 1.165) is 25.5 Å². The zero-order valence-corrected chi connectivity index (χ0v) is 7.54. The van der Waals surface area contributed by atoms with Crippen molar-refractivity contribution < 1.29 is 4.92 Å². The Hall–Kier alpha value is -1.50. The maximum Gasteiger partial charge on any atom is 0.410 e. The standard InChI is InChI=1S/C7H11N5O2/c8-5-2-1-3-6(5)11-9-4-7(10-11)12(13)14/h4-6H,1-3,8H2. The predicted molar refractivity (Wildman–Crippen MR) is 47.5 cm³/mol. The lowest BCUT2D eigenvalue weighted by Gasteiger charge is -2.09. The highest BCUT2D eigenvalue weighted by atomic mass is 16.6. The van der Waals surface area contributed by atoms with Gasteiger partial charge in [0.1, 0.15) is 6.04 Å². The lowest BCUT2D eigenvalue weighted by Crippen LogP contribution is -2.28. The summed E-state index contributed by atoms with van der Waals surface area (Å²) in [5.74, 6) is -0.218. The van der Waals surface area contributed by atoms with Crippen LogP contribution in [0.15, 0.2) is 6.20 Å². The highest BCUT2D eigenvalue weighted by Crippen LogP contribution is 2.27. The van der Waals surface area contributed by atoms with Gasteiger partial charge in [-0.1, -0.05) is 4.80 Å². The summed E-state index contributed by atoms with van der Waals surface area (Å²) in [6.07, 6.45) is 4.01. The van der Waals surface area contributed by atoms with Crippen molar-refractivity contribution in [1.82, 2.24) is 15.0 Å². The van der Waals surface area contributed by atoms with E-state index >= 15 is 0 Å². The van der Waals surface area contributed by atoms with Crippen LogP contribution < -0.4 is 5.73 Å². The highest BCUT2D eigenvalue weighted by molar-refractivity contribution is 5.08. The van der Waals surface area contributed by atoms with Gasteiger partial charge in [-0.2, -0.15) is 0 Å². The Morgan fingerprint density at radius 1 is 1.64 bits per heavy atom. The van der Waals surface area contributed by atoms with Gasteiger partial charge in [0, 0.05) is 6.04 Å². The molecule has 0 radical (unpaired) electrons. The van der Waals surface area contributed by atoms with Crippen molar-refractivity contribution in [3.05, 3.63) is 16.3 Å². The van der Waals surface area contributed by atoms with Crippen LogP contribution in [-0.4, -0.2) is 26.0 Å². The molecule has 7 nitrogen and oxygen atoms in total. The van der Waals surface area contributed by atoms with E-state index in [9.17, 15) is 10.1 Å². The summed E-state index contributed by atoms with van der Waals surface area (Å²) in [5.41, 5.74) is 5.83. The maximum atomic E-state index is 10.4. The molecule has 1 fully saturated rings. The normalized spacial score (nSPS) is 26.6. The Kier molecular flexibility index (Phi) is 2.16. The van der Waals surface area contributed by atoms with E-state index in [1.54, 1.807) is 0 Å². The van der Waals surface area contributed by atoms with E-state index in [4.69, 9.17) is 5.73 Å². The average Bonchev–Trinajstić information content (AvgIpc) is 2.71. The highest BCUT2D eigenvalue weighted by Gasteiger charge is 2.30. The number of rotatable bonds is 2. The molecule has 0 aliphatic heterocycles. The average molecular weight is 197 g/mol. The van der Waals surface area contributed by atoms with Gasteiger partial charge < -0.3 is 15.8 Å². The summed E-state index contributed by atoms with van der Waals surface area (Å²) in [4.78, 5) is 11.2. The molecule has 1 heterocycles. The van der Waals surface area contributed by atoms with E-state index in [1.165, 1.54) is 4.80 Å². The van der Waals surface area contributed by atoms with Gasteiger partial charge >= 0.3 is 5.82 Å². The zero-order chi connectivity index (χ0) is 10.1. The number of hydrogen-bond acceptors (Lipinski definition) is 5. The molecular formula is C7H11N5O2. The van der Waals surface area contributed by atoms with Crippen molar-refractivity contribution in [2.24, 2.45) is 5.73 Å². The Labute approximate surface area is 80.0 Å². The monoisotopic (exact) mass is 197 g/mol. The molecule has 1 saturated carbocycles. The third-order valence-electron chi connectivity index (χ3n) is 2.51. The molecule has 76 valence electrons. The number of aromatic nitrogens is 3. The van der Waals surface area contributed by atoms with E-state index in [0.29, 0.717) is 0 Å². The van der Waals surface area contributed by atoms with Crippen LogP contribution >= 0.6 is 0 Å². The van der Waals surface area contributed by atoms with Crippen molar-refractivity contribution in [1.29, 1.82) is 0 Å². The third kappa shape index (κ3) is 1.46. The minimum atomic E-state index is -0.552. The van der Waals surface area contributed by atoms with Crippen LogP contribution in [0.2, 0.25) is 0 Å². The Balaban J connectivity index is 2.20. The molecule has 7 heteroatoms. The smallest absolute Gasteiger partial charge is 0.358 e. The summed E-state index contributed by atoms with van der Waals surface area (Å²) < 4.78 is 0. The van der Waals surface area contributed by atoms with E-state index in [-0.39, 0.29) is 17.9 Å². The first kappa shape index (κ1) is 9.07. The van der Waals surface area contributed by atoms with Crippen molar-refractivity contribution in [3.63, 3.8) is 0 Å². The molecule has 0 bridgehead atoms. The summed E-state index contributed by atoms with van der Waals surface area (Å²) in [5, 5.41) is 18.0. The van der Waals surface area contributed by atoms with Crippen LogP contribution in [0.1, 0.15) is 25.3 Å². The molecule has 2 rings (SSSR count). The maximum absolute atomic E-state index is 10.4. The third-order valence-corrected chi connectivity index (χ3v) is 2.51. The minimum Gasteiger partial charge on any atom is -0.358 e. The molecule has 1 aromatic heterocycles. The summed E-state index contributed by atoms with van der Waals surface area (Å²) >= 11 is 0. The first-order valence-corrected chi connectivity index (χ1v) is 4.50. The minimum absolute atomic E-state index is 0.0157. The molecule has 1 aromatic rings. The first-order chi connectivity index (χ1) is 6.68. The van der Waals surface area contributed by atoms with Crippen molar-refractivity contribution in [2.45, 2.75) is 31.3 Å². The van der Waals surface area contributed by atoms with Crippen LogP contribution in [0.5, 0.6) is 0 Å². The molecule has 0 saturated heterocycles. The number of nitrogens with zero attached hydrogens (tertiary/aromatic N) is 4. The lowest BCUT2D eigenvalue weighted by atomic mass is 10.2. The molecule has 1 aliphatic rings. The van der Waals surface area contributed by atoms with Gasteiger partial charge in [-0.3, -0.25) is 0 Å². The van der Waals surface area contributed by atoms with Gasteiger partial charge in [0.2, 0.25) is 0 Å². The fourth-order valence-electron chi connectivity index (χ4n) is 1.77. The molecule has 2 atom stereocenters. The van der Waals surface area contributed by atoms with E-state index in [2.05, 4.69) is 10.2 Å². The van der Waals surface area contributed by atoms with Crippen LogP contribution in [0.25, 0.3) is 0 Å². The lowest BCUT2D eigenvalue weighted by molar-refractivity contribution is -0.389. The Morgan fingerprint density at radius 2 is 2.43 bits per heavy atom. The number of hydrogen-bond donors (Lipinski definition) is 1. The topological polar surface area (TPSA) is 99.9 Å². The van der Waals surface area contributed by atoms with E-state index in [1.807, 2.05) is 0 Å². The summed E-state index contributed by atoms with van der Waals surface area (Å²) in [6.45, 7) is 0. The van der Waals surface area contributed by atoms with Crippen LogP contribution in [0, 0.1) is 10.1 Å². The molecular weight excluding hydrogens is 186 g/mol. The van der Waals surface area contributed by atoms with Crippen LogP contribution in [0.4, 0.5) is 5.82 Å². The van der Waals surface area contributed by atoms with E-state index < -0.39 is 4.92 Å². The SMILES string of the molecule is NC1CCCC1n1ncc([N+](=O)[O-])n1. The number of nitrogens with two attached hydrogens (primary N) is 1. The molecule has 14 heavy (non-hydrogen) atoms. The zero-order valence-electron chi connectivity index (χ0n) is 7.54. The Morgan fingerprint density at radius 3 is 2.93 bits per heavy atom. The molecule has 0 spiro atoms. The van der Waals surface area contributed by atoms with Gasteiger partial charge in [0.05, 0.1) is 5.10 Å². The quantitative estimate of drug-likeness (QED) is 0.540. The van der Waals surface area contributed by atoms with Gasteiger partial charge in [0.15, 0.2) is 6.20 Å². The fourth-order valence-corrected chi connectivity index (χ4v) is 1.77. The van der Waals surface area contributed by atoms with Gasteiger partial charge in [-0.15, -0.1) is 5.10 Å². The second-order valence-electron chi connectivity index (χ2n) is 3.44. The second kappa shape index (κ2) is 3.33. The second-order valence-corrected chi connectivity index (χ2v) is 3.44. The summed E-state index contributed by atoms with van der Waals surface area (Å²) in [6, 6.07) is 0.0331. The molecule has 2 N–H and O–H groups in total. The van der Waals surface area contributed by atoms with Crippen molar-refractivity contribution in [3.8, 4) is 0 Å². The van der Waals surface area contributed by atoms with Crippen molar-refractivity contribution >= 4 is 5.82 Å². The molecule has 0 amide bonds. The van der Waals surface area contributed by atoms with Gasteiger partial charge in [0.25, 0.3) is 0 Å². The summed E-state index contributed by atoms with van der Waals surface area (Å²) in [7, 11) is 0. The molecule has 2 unspecified atom stereocenters. The fraction of sp³-hybridized carbons (Fsp3) is 0.714. The van der Waals surface area contributed by atoms with Crippen LogP contribution in [-0.2, 0) is 0 Å². The van der Waals surface area contributed by atoms with Gasteiger partial charge in [-0.25, -0.2) is 0 Å². The van der Waals surface area contributed by atoms with Crippen molar-refractivity contribution in [2.75, 3.05) is 0 Å². The van der Waals surface area contributed by atoms with Gasteiger partial charge in [-0.05, 0) is 24.2 Å². The number of nitro groups is 1. The largest absolute Gasteiger partial charge is 0.410 e. The molecule has 1 aliphatic carbocycles. The first-order valence-electron chi connectivity index (χ1n) is 4.50. The van der Waals surface area contributed by atoms with Crippen LogP contribution in [0.3, 0.4) is 0 Å². The molecule has 0 aromatic carbocycles. The Bertz CT molecular complexity index is 350. The predicted octanol–water partition coefficient (Wildman–Crippen LogP) is 0.239.